The van der Waals surface area contributed by atoms with Gasteiger partial charge in [0, 0.05) is 12.2 Å². The molecule has 21 heavy (non-hydrogen) atoms. The Kier molecular flexibility index (Phi) is 5.75. The Hall–Kier alpha value is -1.88. The third-order valence-corrected chi connectivity index (χ3v) is 3.35. The third kappa shape index (κ3) is 4.56. The Balaban J connectivity index is 1.99. The van der Waals surface area contributed by atoms with Gasteiger partial charge in [0.25, 0.3) is 11.9 Å². The minimum Gasteiger partial charge on any atom is -0.465 e. The highest BCUT2D eigenvalue weighted by Gasteiger charge is 2.16. The summed E-state index contributed by atoms with van der Waals surface area (Å²) in [6, 6.07) is 7.70. The van der Waals surface area contributed by atoms with Crippen molar-refractivity contribution < 1.29 is 14.3 Å². The van der Waals surface area contributed by atoms with E-state index < -0.39 is 0 Å². The van der Waals surface area contributed by atoms with Gasteiger partial charge in [-0.25, -0.2) is 4.99 Å². The molecule has 2 rings (SSSR count). The highest BCUT2D eigenvalue weighted by molar-refractivity contribution is 6.04. The summed E-state index contributed by atoms with van der Waals surface area (Å²) in [5.74, 6) is -0.201. The van der Waals surface area contributed by atoms with Crippen LogP contribution in [0.25, 0.3) is 0 Å². The molecule has 1 atom stereocenters. The van der Waals surface area contributed by atoms with Crippen molar-refractivity contribution in [3.63, 3.8) is 0 Å². The van der Waals surface area contributed by atoms with E-state index in [0.717, 1.165) is 25.0 Å². The molecular formula is C16H22N2O3. The van der Waals surface area contributed by atoms with E-state index in [1.807, 2.05) is 32.0 Å². The van der Waals surface area contributed by atoms with Gasteiger partial charge in [-0.3, -0.25) is 10.1 Å². The molecule has 1 aromatic carbocycles. The zero-order valence-electron chi connectivity index (χ0n) is 12.6. The summed E-state index contributed by atoms with van der Waals surface area (Å²) in [5.41, 5.74) is 1.55. The number of hydrogen-bond acceptors (Lipinski definition) is 4. The summed E-state index contributed by atoms with van der Waals surface area (Å²) in [7, 11) is 0. The van der Waals surface area contributed by atoms with Crippen LogP contribution in [0.4, 0.5) is 0 Å². The normalized spacial score (nSPS) is 18.6. The van der Waals surface area contributed by atoms with Gasteiger partial charge in [-0.05, 0) is 38.3 Å². The molecule has 1 N–H and O–H groups in total. The topological polar surface area (TPSA) is 59.9 Å². The third-order valence-electron chi connectivity index (χ3n) is 3.35. The molecule has 1 fully saturated rings. The largest absolute Gasteiger partial charge is 0.465 e. The number of ether oxygens (including phenoxy) is 2. The average molecular weight is 290 g/mol. The van der Waals surface area contributed by atoms with Crippen molar-refractivity contribution in [1.82, 2.24) is 5.32 Å². The fourth-order valence-electron chi connectivity index (χ4n) is 2.22. The monoisotopic (exact) mass is 290 g/mol. The van der Waals surface area contributed by atoms with Gasteiger partial charge in [0.05, 0.1) is 19.3 Å². The lowest BCUT2D eigenvalue weighted by Crippen LogP contribution is -2.33. The van der Waals surface area contributed by atoms with Crippen LogP contribution < -0.4 is 5.32 Å². The maximum absolute atomic E-state index is 12.2. The first-order valence-corrected chi connectivity index (χ1v) is 7.36. The molecular weight excluding hydrogens is 268 g/mol. The predicted octanol–water partition coefficient (Wildman–Crippen LogP) is 2.30. The van der Waals surface area contributed by atoms with Gasteiger partial charge in [0.15, 0.2) is 0 Å². The van der Waals surface area contributed by atoms with Crippen LogP contribution in [0.2, 0.25) is 0 Å². The number of amides is 1. The summed E-state index contributed by atoms with van der Waals surface area (Å²) in [5, 5.41) is 2.73. The van der Waals surface area contributed by atoms with Gasteiger partial charge >= 0.3 is 0 Å². The molecule has 5 heteroatoms. The van der Waals surface area contributed by atoms with E-state index in [2.05, 4.69) is 10.3 Å². The summed E-state index contributed by atoms with van der Waals surface area (Å²) in [4.78, 5) is 16.6. The Morgan fingerprint density at radius 3 is 2.95 bits per heavy atom. The van der Waals surface area contributed by atoms with E-state index in [9.17, 15) is 4.79 Å². The number of aliphatic imine (C=N–C) groups is 1. The Morgan fingerprint density at radius 2 is 2.29 bits per heavy atom. The smallest absolute Gasteiger partial charge is 0.291 e. The number of aryl methyl sites for hydroxylation is 1. The first-order chi connectivity index (χ1) is 10.2. The van der Waals surface area contributed by atoms with Crippen molar-refractivity contribution in [1.29, 1.82) is 0 Å². The predicted molar refractivity (Wildman–Crippen MR) is 81.5 cm³/mol. The number of carbonyl (C=O) groups is 1. The van der Waals surface area contributed by atoms with Crippen LogP contribution >= 0.6 is 0 Å². The van der Waals surface area contributed by atoms with Crippen LogP contribution in [0.15, 0.2) is 29.3 Å². The highest BCUT2D eigenvalue weighted by Crippen LogP contribution is 2.12. The lowest BCUT2D eigenvalue weighted by atomic mass is 10.1. The second-order valence-corrected chi connectivity index (χ2v) is 4.98. The molecule has 1 saturated heterocycles. The van der Waals surface area contributed by atoms with Crippen molar-refractivity contribution in [3.8, 4) is 0 Å². The number of nitrogens with zero attached hydrogens (tertiary/aromatic N) is 1. The van der Waals surface area contributed by atoms with Crippen LogP contribution in [-0.4, -0.2) is 37.8 Å². The molecule has 0 spiro atoms. The second kappa shape index (κ2) is 7.78. The van der Waals surface area contributed by atoms with E-state index in [-0.39, 0.29) is 18.0 Å². The molecule has 1 aliphatic rings. The first kappa shape index (κ1) is 15.5. The van der Waals surface area contributed by atoms with Crippen molar-refractivity contribution in [2.75, 3.05) is 19.8 Å². The average Bonchev–Trinajstić information content (AvgIpc) is 2.98. The molecule has 0 radical (unpaired) electrons. The van der Waals surface area contributed by atoms with Gasteiger partial charge in [-0.1, -0.05) is 18.2 Å². The Bertz CT molecular complexity index is 508. The number of carbonyl (C=O) groups excluding carboxylic acids is 1. The Morgan fingerprint density at radius 1 is 1.48 bits per heavy atom. The van der Waals surface area contributed by atoms with Crippen molar-refractivity contribution in [2.24, 2.45) is 4.99 Å². The summed E-state index contributed by atoms with van der Waals surface area (Å²) < 4.78 is 10.9. The number of benzene rings is 1. The summed E-state index contributed by atoms with van der Waals surface area (Å²) >= 11 is 0. The number of hydrogen-bond donors (Lipinski definition) is 1. The molecule has 1 aliphatic heterocycles. The van der Waals surface area contributed by atoms with Gasteiger partial charge in [-0.2, -0.15) is 0 Å². The van der Waals surface area contributed by atoms with Crippen LogP contribution in [0.5, 0.6) is 0 Å². The van der Waals surface area contributed by atoms with Crippen molar-refractivity contribution in [3.05, 3.63) is 35.4 Å². The maximum Gasteiger partial charge on any atom is 0.291 e. The van der Waals surface area contributed by atoms with Gasteiger partial charge in [-0.15, -0.1) is 0 Å². The number of rotatable bonds is 4. The van der Waals surface area contributed by atoms with Gasteiger partial charge in [0.1, 0.15) is 0 Å². The standard InChI is InChI=1S/C16H22N2O3/c1-3-20-16(17-11-13-8-6-10-21-13)18-15(19)14-9-5-4-7-12(14)2/h4-5,7,9,13H,3,6,8,10-11H2,1-2H3,(H,17,18,19)/t13-/m0/s1. The quantitative estimate of drug-likeness (QED) is 0.683. The molecule has 1 aromatic rings. The molecule has 0 unspecified atom stereocenters. The fraction of sp³-hybridized carbons (Fsp3) is 0.500. The van der Waals surface area contributed by atoms with Crippen LogP contribution in [0.1, 0.15) is 35.7 Å². The van der Waals surface area contributed by atoms with E-state index in [4.69, 9.17) is 9.47 Å². The van der Waals surface area contributed by atoms with Crippen LogP contribution in [-0.2, 0) is 9.47 Å². The minimum absolute atomic E-state index is 0.135. The van der Waals surface area contributed by atoms with Crippen LogP contribution in [0, 0.1) is 6.92 Å². The second-order valence-electron chi connectivity index (χ2n) is 4.98. The Labute approximate surface area is 125 Å². The van der Waals surface area contributed by atoms with E-state index >= 15 is 0 Å². The van der Waals surface area contributed by atoms with Crippen molar-refractivity contribution in [2.45, 2.75) is 32.8 Å². The molecule has 0 saturated carbocycles. The molecule has 1 heterocycles. The van der Waals surface area contributed by atoms with E-state index in [1.54, 1.807) is 6.07 Å². The maximum atomic E-state index is 12.2. The van der Waals surface area contributed by atoms with E-state index in [0.29, 0.717) is 18.7 Å². The molecule has 0 aromatic heterocycles. The fourth-order valence-corrected chi connectivity index (χ4v) is 2.22. The lowest BCUT2D eigenvalue weighted by molar-refractivity contribution is 0.0963. The molecule has 0 aliphatic carbocycles. The number of amidine groups is 1. The molecule has 0 bridgehead atoms. The van der Waals surface area contributed by atoms with Crippen LogP contribution in [0.3, 0.4) is 0 Å². The highest BCUT2D eigenvalue weighted by atomic mass is 16.5. The van der Waals surface area contributed by atoms with Gasteiger partial charge < -0.3 is 9.47 Å². The molecule has 5 nitrogen and oxygen atoms in total. The molecule has 114 valence electrons. The SMILES string of the molecule is CCOC(=NC[C@@H]1CCCO1)NC(=O)c1ccccc1C. The first-order valence-electron chi connectivity index (χ1n) is 7.36. The van der Waals surface area contributed by atoms with Gasteiger partial charge in [0.2, 0.25) is 0 Å². The zero-order chi connectivity index (χ0) is 15.1. The minimum atomic E-state index is -0.201. The lowest BCUT2D eigenvalue weighted by Gasteiger charge is -2.12. The zero-order valence-corrected chi connectivity index (χ0v) is 12.6. The van der Waals surface area contributed by atoms with E-state index in [1.165, 1.54) is 0 Å². The summed E-state index contributed by atoms with van der Waals surface area (Å²) in [6.45, 7) is 5.53. The summed E-state index contributed by atoms with van der Waals surface area (Å²) in [6.07, 6.45) is 2.21. The molecule has 1 amide bonds. The number of nitrogens with one attached hydrogen (secondary N) is 1. The van der Waals surface area contributed by atoms with Crippen molar-refractivity contribution >= 4 is 11.9 Å².